The summed E-state index contributed by atoms with van der Waals surface area (Å²) in [6, 6.07) is 7.81. The summed E-state index contributed by atoms with van der Waals surface area (Å²) in [5.74, 6) is -0.288. The average molecular weight is 399 g/mol. The van der Waals surface area contributed by atoms with Crippen molar-refractivity contribution in [2.75, 3.05) is 0 Å². The van der Waals surface area contributed by atoms with Crippen LogP contribution in [0, 0.1) is 0 Å². The zero-order chi connectivity index (χ0) is 14.2. The molecule has 0 aliphatic carbocycles. The Bertz CT molecular complexity index is 647. The van der Waals surface area contributed by atoms with Gasteiger partial charge in [-0.2, -0.15) is 0 Å². The highest BCUT2D eigenvalue weighted by molar-refractivity contribution is 9.10. The van der Waals surface area contributed by atoms with Crippen molar-refractivity contribution in [3.05, 3.63) is 66.0 Å². The molecule has 98 valence electrons. The van der Waals surface area contributed by atoms with Gasteiger partial charge in [-0.05, 0) is 46.3 Å². The first-order valence-corrected chi connectivity index (χ1v) is 7.35. The van der Waals surface area contributed by atoms with Gasteiger partial charge in [-0.3, -0.25) is 4.79 Å². The molecule has 19 heavy (non-hydrogen) atoms. The highest BCUT2D eigenvalue weighted by Crippen LogP contribution is 2.32. The Morgan fingerprint density at radius 3 is 2.00 bits per heavy atom. The molecule has 2 aromatic carbocycles. The third-order valence-electron chi connectivity index (χ3n) is 2.42. The molecule has 0 aliphatic heterocycles. The zero-order valence-corrected chi connectivity index (χ0v) is 13.8. The van der Waals surface area contributed by atoms with Gasteiger partial charge in [-0.1, -0.05) is 46.4 Å². The molecule has 0 bridgehead atoms. The van der Waals surface area contributed by atoms with Gasteiger partial charge >= 0.3 is 0 Å². The fourth-order valence-electron chi connectivity index (χ4n) is 1.54. The van der Waals surface area contributed by atoms with Crippen molar-refractivity contribution in [2.45, 2.75) is 0 Å². The second kappa shape index (κ2) is 6.02. The van der Waals surface area contributed by atoms with Crippen molar-refractivity contribution >= 4 is 68.1 Å². The monoisotopic (exact) mass is 396 g/mol. The van der Waals surface area contributed by atoms with Gasteiger partial charge in [-0.15, -0.1) is 0 Å². The van der Waals surface area contributed by atoms with E-state index in [-0.39, 0.29) is 21.4 Å². The van der Waals surface area contributed by atoms with Gasteiger partial charge in [0, 0.05) is 15.1 Å². The van der Waals surface area contributed by atoms with Gasteiger partial charge in [0.15, 0.2) is 5.78 Å². The summed E-state index contributed by atoms with van der Waals surface area (Å²) in [5.41, 5.74) is 0.657. The summed E-state index contributed by atoms with van der Waals surface area (Å²) in [5, 5.41) is 1.33. The van der Waals surface area contributed by atoms with Gasteiger partial charge in [-0.25, -0.2) is 0 Å². The van der Waals surface area contributed by atoms with Crippen molar-refractivity contribution in [1.82, 2.24) is 0 Å². The molecule has 6 heteroatoms. The molecule has 0 heterocycles. The lowest BCUT2D eigenvalue weighted by atomic mass is 10.0. The Morgan fingerprint density at radius 1 is 0.895 bits per heavy atom. The standard InChI is InChI=1S/C13H5BrCl4O/c14-8-3-6(1-2-9(8)16)13(19)12-10(17)4-7(15)5-11(12)18/h1-5H. The Hall–Kier alpha value is -0.250. The summed E-state index contributed by atoms with van der Waals surface area (Å²) in [7, 11) is 0. The lowest BCUT2D eigenvalue weighted by Crippen LogP contribution is -2.03. The minimum atomic E-state index is -0.288. The van der Waals surface area contributed by atoms with Crippen molar-refractivity contribution in [3.8, 4) is 0 Å². The summed E-state index contributed by atoms with van der Waals surface area (Å²) in [4.78, 5) is 12.4. The van der Waals surface area contributed by atoms with E-state index < -0.39 is 0 Å². The third-order valence-corrected chi connectivity index (χ3v) is 4.44. The van der Waals surface area contributed by atoms with Crippen molar-refractivity contribution < 1.29 is 4.79 Å². The molecule has 0 unspecified atom stereocenters. The molecular weight excluding hydrogens is 394 g/mol. The molecule has 0 spiro atoms. The first-order chi connectivity index (χ1) is 8.90. The van der Waals surface area contributed by atoms with E-state index >= 15 is 0 Å². The molecule has 0 N–H and O–H groups in total. The lowest BCUT2D eigenvalue weighted by molar-refractivity contribution is 0.103. The molecule has 0 saturated heterocycles. The lowest BCUT2D eigenvalue weighted by Gasteiger charge is -2.08. The Morgan fingerprint density at radius 2 is 1.47 bits per heavy atom. The van der Waals surface area contributed by atoms with Crippen LogP contribution in [0.4, 0.5) is 0 Å². The van der Waals surface area contributed by atoms with Gasteiger partial charge in [0.25, 0.3) is 0 Å². The third kappa shape index (κ3) is 3.26. The maximum absolute atomic E-state index is 12.4. The first kappa shape index (κ1) is 15.1. The predicted octanol–water partition coefficient (Wildman–Crippen LogP) is 6.29. The van der Waals surface area contributed by atoms with Crippen LogP contribution in [0.3, 0.4) is 0 Å². The molecule has 0 aromatic heterocycles. The van der Waals surface area contributed by atoms with Crippen LogP contribution in [0.15, 0.2) is 34.8 Å². The number of hydrogen-bond acceptors (Lipinski definition) is 1. The topological polar surface area (TPSA) is 17.1 Å². The molecule has 0 fully saturated rings. The quantitative estimate of drug-likeness (QED) is 0.543. The molecule has 0 atom stereocenters. The van der Waals surface area contributed by atoms with Crippen LogP contribution in [-0.2, 0) is 0 Å². The second-order valence-electron chi connectivity index (χ2n) is 3.70. The van der Waals surface area contributed by atoms with Gasteiger partial charge in [0.05, 0.1) is 20.6 Å². The summed E-state index contributed by atoms with van der Waals surface area (Å²) in [6.45, 7) is 0. The van der Waals surface area contributed by atoms with Gasteiger partial charge in [0.1, 0.15) is 0 Å². The molecule has 2 aromatic rings. The van der Waals surface area contributed by atoms with E-state index in [2.05, 4.69) is 15.9 Å². The van der Waals surface area contributed by atoms with E-state index in [9.17, 15) is 4.79 Å². The normalized spacial score (nSPS) is 10.6. The van der Waals surface area contributed by atoms with Crippen molar-refractivity contribution in [1.29, 1.82) is 0 Å². The zero-order valence-electron chi connectivity index (χ0n) is 9.18. The SMILES string of the molecule is O=C(c1ccc(Cl)c(Br)c1)c1c(Cl)cc(Cl)cc1Cl. The van der Waals surface area contributed by atoms with Crippen LogP contribution >= 0.6 is 62.3 Å². The molecule has 0 radical (unpaired) electrons. The number of rotatable bonds is 2. The van der Waals surface area contributed by atoms with Crippen LogP contribution in [0.25, 0.3) is 0 Å². The van der Waals surface area contributed by atoms with E-state index in [0.29, 0.717) is 20.1 Å². The fraction of sp³-hybridized carbons (Fsp3) is 0. The van der Waals surface area contributed by atoms with Crippen LogP contribution in [0.2, 0.25) is 20.1 Å². The smallest absolute Gasteiger partial charge is 0.196 e. The number of benzene rings is 2. The second-order valence-corrected chi connectivity index (χ2v) is 6.21. The maximum Gasteiger partial charge on any atom is 0.196 e. The number of carbonyl (C=O) groups excluding carboxylic acids is 1. The van der Waals surface area contributed by atoms with E-state index in [4.69, 9.17) is 46.4 Å². The van der Waals surface area contributed by atoms with Crippen LogP contribution in [0.1, 0.15) is 15.9 Å². The van der Waals surface area contributed by atoms with Crippen molar-refractivity contribution in [2.24, 2.45) is 0 Å². The van der Waals surface area contributed by atoms with Gasteiger partial charge in [0.2, 0.25) is 0 Å². The van der Waals surface area contributed by atoms with E-state index in [0.717, 1.165) is 0 Å². The molecule has 2 rings (SSSR count). The predicted molar refractivity (Wildman–Crippen MR) is 84.1 cm³/mol. The summed E-state index contributed by atoms with van der Waals surface area (Å²) in [6.07, 6.45) is 0. The van der Waals surface area contributed by atoms with E-state index in [1.165, 1.54) is 12.1 Å². The largest absolute Gasteiger partial charge is 0.288 e. The summed E-state index contributed by atoms with van der Waals surface area (Å²) >= 11 is 27.0. The van der Waals surface area contributed by atoms with Crippen LogP contribution in [-0.4, -0.2) is 5.78 Å². The number of hydrogen-bond donors (Lipinski definition) is 0. The minimum absolute atomic E-state index is 0.216. The summed E-state index contributed by atoms with van der Waals surface area (Å²) < 4.78 is 0.626. The average Bonchev–Trinajstić information content (AvgIpc) is 2.31. The molecular formula is C13H5BrCl4O. The van der Waals surface area contributed by atoms with Crippen molar-refractivity contribution in [3.63, 3.8) is 0 Å². The van der Waals surface area contributed by atoms with Crippen LogP contribution < -0.4 is 0 Å². The molecule has 0 aliphatic rings. The number of halogens is 5. The Labute approximate surface area is 138 Å². The molecule has 1 nitrogen and oxygen atoms in total. The minimum Gasteiger partial charge on any atom is -0.288 e. The number of carbonyl (C=O) groups is 1. The maximum atomic E-state index is 12.4. The Kier molecular flexibility index (Phi) is 4.80. The molecule has 0 saturated carbocycles. The first-order valence-electron chi connectivity index (χ1n) is 5.04. The van der Waals surface area contributed by atoms with Crippen LogP contribution in [0.5, 0.6) is 0 Å². The fourth-order valence-corrected chi connectivity index (χ4v) is 3.03. The molecule has 0 amide bonds. The Balaban J connectivity index is 2.53. The number of ketones is 1. The highest BCUT2D eigenvalue weighted by Gasteiger charge is 2.18. The van der Waals surface area contributed by atoms with E-state index in [1.54, 1.807) is 18.2 Å². The van der Waals surface area contributed by atoms with Gasteiger partial charge < -0.3 is 0 Å². The van der Waals surface area contributed by atoms with E-state index in [1.807, 2.05) is 0 Å². The highest BCUT2D eigenvalue weighted by atomic mass is 79.9.